The quantitative estimate of drug-likeness (QED) is 0.331. The van der Waals surface area contributed by atoms with Crippen LogP contribution >= 0.6 is 0 Å². The van der Waals surface area contributed by atoms with Crippen molar-refractivity contribution >= 4 is 52.1 Å². The van der Waals surface area contributed by atoms with Crippen molar-refractivity contribution in [3.8, 4) is 0 Å². The van der Waals surface area contributed by atoms with Crippen LogP contribution in [0.1, 0.15) is 5.56 Å². The lowest BCUT2D eigenvalue weighted by molar-refractivity contribution is -0.122. The van der Waals surface area contributed by atoms with Crippen molar-refractivity contribution in [2.24, 2.45) is 0 Å². The van der Waals surface area contributed by atoms with E-state index in [0.29, 0.717) is 27.1 Å². The van der Waals surface area contributed by atoms with Crippen LogP contribution in [0.25, 0.3) is 17.0 Å². The van der Waals surface area contributed by atoms with Gasteiger partial charge in [-0.2, -0.15) is 0 Å². The molecule has 5 rings (SSSR count). The van der Waals surface area contributed by atoms with Crippen molar-refractivity contribution in [2.45, 2.75) is 6.54 Å². The molecule has 0 saturated carbocycles. The van der Waals surface area contributed by atoms with E-state index in [-0.39, 0.29) is 23.7 Å². The fraction of sp³-hybridized carbons (Fsp3) is 0.0370. The normalized spacial score (nSPS) is 14.9. The molecule has 2 heterocycles. The Balaban J connectivity index is 1.49. The highest BCUT2D eigenvalue weighted by Crippen LogP contribution is 2.27. The zero-order valence-electron chi connectivity index (χ0n) is 18.8. The van der Waals surface area contributed by atoms with Crippen molar-refractivity contribution < 1.29 is 23.6 Å². The number of hydrogen-bond donors (Lipinski definition) is 2. The largest absolute Gasteiger partial charge is 0.337 e. The zero-order valence-corrected chi connectivity index (χ0v) is 18.8. The molecule has 1 saturated heterocycles. The zero-order chi connectivity index (χ0) is 25.2. The van der Waals surface area contributed by atoms with Crippen molar-refractivity contribution in [2.75, 3.05) is 10.2 Å². The molecule has 1 aromatic heterocycles. The van der Waals surface area contributed by atoms with Gasteiger partial charge in [0.05, 0.1) is 5.69 Å². The van der Waals surface area contributed by atoms with Gasteiger partial charge in [0, 0.05) is 28.4 Å². The smallest absolute Gasteiger partial charge is 0.335 e. The highest BCUT2D eigenvalue weighted by molar-refractivity contribution is 6.39. The van der Waals surface area contributed by atoms with Gasteiger partial charge < -0.3 is 9.88 Å². The summed E-state index contributed by atoms with van der Waals surface area (Å²) in [5, 5.41) is 5.65. The van der Waals surface area contributed by atoms with E-state index in [9.17, 15) is 23.6 Å². The third-order valence-corrected chi connectivity index (χ3v) is 5.66. The van der Waals surface area contributed by atoms with Crippen LogP contribution in [0, 0.1) is 5.82 Å². The number of anilines is 2. The molecule has 1 fully saturated rings. The summed E-state index contributed by atoms with van der Waals surface area (Å²) in [6.45, 7) is -0.00731. The molecular weight excluding hydrogens is 463 g/mol. The van der Waals surface area contributed by atoms with E-state index in [1.165, 1.54) is 24.3 Å². The molecule has 178 valence electrons. The van der Waals surface area contributed by atoms with Crippen molar-refractivity contribution in [3.63, 3.8) is 0 Å². The van der Waals surface area contributed by atoms with Gasteiger partial charge in [-0.15, -0.1) is 0 Å². The molecule has 0 aliphatic carbocycles. The number of hydrogen-bond acceptors (Lipinski definition) is 4. The molecular formula is C27H19FN4O4. The number of benzene rings is 3. The fourth-order valence-corrected chi connectivity index (χ4v) is 4.06. The van der Waals surface area contributed by atoms with Crippen LogP contribution in [0.15, 0.2) is 90.6 Å². The van der Waals surface area contributed by atoms with Crippen molar-refractivity contribution in [1.82, 2.24) is 9.88 Å². The van der Waals surface area contributed by atoms with Gasteiger partial charge in [0.1, 0.15) is 17.9 Å². The molecule has 9 heteroatoms. The minimum absolute atomic E-state index is 0.00379. The summed E-state index contributed by atoms with van der Waals surface area (Å²) in [5.41, 5.74) is 1.58. The molecule has 1 aliphatic heterocycles. The number of fused-ring (bicyclic) bond motifs is 1. The number of rotatable bonds is 5. The number of nitrogens with zero attached hydrogens (tertiary/aromatic N) is 2. The van der Waals surface area contributed by atoms with E-state index in [0.717, 1.165) is 6.07 Å². The second-order valence-electron chi connectivity index (χ2n) is 8.08. The SMILES string of the molecule is O=C(Cn1cc(/C=C2/C(=O)NC(=O)N(c3cccc(F)c3)C2=O)c2ccccc21)Nc1ccccc1. The first kappa shape index (κ1) is 22.7. The molecule has 3 aromatic carbocycles. The number of imide groups is 2. The predicted octanol–water partition coefficient (Wildman–Crippen LogP) is 4.09. The lowest BCUT2D eigenvalue weighted by Gasteiger charge is -2.26. The van der Waals surface area contributed by atoms with E-state index < -0.39 is 23.7 Å². The number of halogens is 1. The molecule has 8 nitrogen and oxygen atoms in total. The van der Waals surface area contributed by atoms with E-state index >= 15 is 0 Å². The first-order chi connectivity index (χ1) is 17.4. The maximum absolute atomic E-state index is 13.7. The van der Waals surface area contributed by atoms with Gasteiger partial charge in [0.15, 0.2) is 0 Å². The predicted molar refractivity (Wildman–Crippen MR) is 132 cm³/mol. The maximum atomic E-state index is 13.7. The minimum atomic E-state index is -0.965. The number of para-hydroxylation sites is 2. The summed E-state index contributed by atoms with van der Waals surface area (Å²) >= 11 is 0. The number of barbiturate groups is 1. The highest BCUT2D eigenvalue weighted by Gasteiger charge is 2.37. The molecule has 1 aliphatic rings. The van der Waals surface area contributed by atoms with Gasteiger partial charge in [-0.05, 0) is 42.5 Å². The van der Waals surface area contributed by atoms with E-state index in [1.807, 2.05) is 30.3 Å². The third-order valence-electron chi connectivity index (χ3n) is 5.66. The standard InChI is InChI=1S/C27H19FN4O4/c28-18-7-6-10-20(14-18)32-26(35)22(25(34)30-27(32)36)13-17-15-31(23-12-5-4-11-21(17)23)16-24(33)29-19-8-2-1-3-9-19/h1-15H,16H2,(H,29,33)(H,30,34,36)/b22-13-. The Kier molecular flexibility index (Phi) is 5.87. The topological polar surface area (TPSA) is 101 Å². The number of urea groups is 1. The Morgan fingerprint density at radius 3 is 2.47 bits per heavy atom. The second kappa shape index (κ2) is 9.30. The fourth-order valence-electron chi connectivity index (χ4n) is 4.06. The number of amides is 5. The number of aromatic nitrogens is 1. The lowest BCUT2D eigenvalue weighted by atomic mass is 10.1. The van der Waals surface area contributed by atoms with Crippen LogP contribution in [0.4, 0.5) is 20.6 Å². The Bertz CT molecular complexity index is 1560. The Hall–Kier alpha value is -5.05. The van der Waals surface area contributed by atoms with E-state index in [1.54, 1.807) is 35.0 Å². The van der Waals surface area contributed by atoms with Crippen molar-refractivity contribution in [3.05, 3.63) is 102 Å². The Morgan fingerprint density at radius 1 is 0.944 bits per heavy atom. The van der Waals surface area contributed by atoms with Gasteiger partial charge in [-0.1, -0.05) is 42.5 Å². The first-order valence-electron chi connectivity index (χ1n) is 11.0. The number of nitrogens with one attached hydrogen (secondary N) is 2. The highest BCUT2D eigenvalue weighted by atomic mass is 19.1. The van der Waals surface area contributed by atoms with Crippen LogP contribution in [-0.4, -0.2) is 28.3 Å². The molecule has 36 heavy (non-hydrogen) atoms. The van der Waals surface area contributed by atoms with Crippen molar-refractivity contribution in [1.29, 1.82) is 0 Å². The molecule has 0 atom stereocenters. The van der Waals surface area contributed by atoms with Gasteiger partial charge in [-0.25, -0.2) is 14.1 Å². The van der Waals surface area contributed by atoms with Crippen LogP contribution in [0.3, 0.4) is 0 Å². The summed E-state index contributed by atoms with van der Waals surface area (Å²) in [6, 6.07) is 20.3. The molecule has 0 bridgehead atoms. The summed E-state index contributed by atoms with van der Waals surface area (Å²) < 4.78 is 15.4. The number of carbonyl (C=O) groups is 4. The molecule has 0 radical (unpaired) electrons. The lowest BCUT2D eigenvalue weighted by Crippen LogP contribution is -2.54. The molecule has 2 N–H and O–H groups in total. The summed E-state index contributed by atoms with van der Waals surface area (Å²) in [6.07, 6.45) is 3.02. The molecule has 4 aromatic rings. The van der Waals surface area contributed by atoms with E-state index in [4.69, 9.17) is 0 Å². The minimum Gasteiger partial charge on any atom is -0.337 e. The van der Waals surface area contributed by atoms with E-state index in [2.05, 4.69) is 10.6 Å². The van der Waals surface area contributed by atoms with Gasteiger partial charge in [0.2, 0.25) is 5.91 Å². The second-order valence-corrected chi connectivity index (χ2v) is 8.08. The summed E-state index contributed by atoms with van der Waals surface area (Å²) in [4.78, 5) is 51.5. The monoisotopic (exact) mass is 482 g/mol. The first-order valence-corrected chi connectivity index (χ1v) is 11.0. The van der Waals surface area contributed by atoms with Crippen LogP contribution in [0.2, 0.25) is 0 Å². The molecule has 5 amide bonds. The summed E-state index contributed by atoms with van der Waals surface area (Å²) in [5.74, 6) is -2.63. The molecule has 0 unspecified atom stereocenters. The maximum Gasteiger partial charge on any atom is 0.335 e. The van der Waals surface area contributed by atoms with Gasteiger partial charge in [0.25, 0.3) is 11.8 Å². The average molecular weight is 482 g/mol. The van der Waals surface area contributed by atoms with Gasteiger partial charge in [-0.3, -0.25) is 19.7 Å². The number of carbonyl (C=O) groups excluding carboxylic acids is 4. The van der Waals surface area contributed by atoms with Crippen LogP contribution < -0.4 is 15.5 Å². The molecule has 0 spiro atoms. The van der Waals surface area contributed by atoms with Crippen LogP contribution in [-0.2, 0) is 20.9 Å². The van der Waals surface area contributed by atoms with Gasteiger partial charge >= 0.3 is 6.03 Å². The summed E-state index contributed by atoms with van der Waals surface area (Å²) in [7, 11) is 0. The Morgan fingerprint density at radius 2 is 1.69 bits per heavy atom. The van der Waals surface area contributed by atoms with Crippen LogP contribution in [0.5, 0.6) is 0 Å². The Labute approximate surface area is 204 Å². The average Bonchev–Trinajstić information content (AvgIpc) is 3.19. The third kappa shape index (κ3) is 4.37.